The number of nitrogen functional groups attached to an aromatic ring is 1. The molecular weight excluding hydrogens is 302 g/mol. The summed E-state index contributed by atoms with van der Waals surface area (Å²) in [5.41, 5.74) is 6.80. The first kappa shape index (κ1) is 12.8. The van der Waals surface area contributed by atoms with Crippen molar-refractivity contribution in [2.45, 2.75) is 0 Å². The molecule has 0 aliphatic rings. The number of halogens is 4. The van der Waals surface area contributed by atoms with E-state index in [0.717, 1.165) is 0 Å². The van der Waals surface area contributed by atoms with E-state index in [4.69, 9.17) is 52.1 Å². The van der Waals surface area contributed by atoms with Gasteiger partial charge in [0.05, 0.1) is 20.1 Å². The Morgan fingerprint density at radius 3 is 2.24 bits per heavy atom. The van der Waals surface area contributed by atoms with Crippen LogP contribution in [0.2, 0.25) is 20.1 Å². The maximum atomic E-state index is 6.11. The molecule has 0 fully saturated rings. The van der Waals surface area contributed by atoms with Gasteiger partial charge in [0.25, 0.3) is 0 Å². The Morgan fingerprint density at radius 2 is 1.59 bits per heavy atom. The summed E-state index contributed by atoms with van der Waals surface area (Å²) in [6.07, 6.45) is 1.55. The SMILES string of the molecule is Nc1ncc(-c2c(Cl)ccc(Cl)c2Cl)cc1Cl. The Morgan fingerprint density at radius 1 is 0.941 bits per heavy atom. The largest absolute Gasteiger partial charge is 0.382 e. The van der Waals surface area contributed by atoms with E-state index >= 15 is 0 Å². The van der Waals surface area contributed by atoms with Gasteiger partial charge in [0.15, 0.2) is 0 Å². The number of hydrogen-bond donors (Lipinski definition) is 1. The Kier molecular flexibility index (Phi) is 3.69. The molecule has 0 saturated heterocycles. The number of aromatic nitrogens is 1. The van der Waals surface area contributed by atoms with Gasteiger partial charge in [-0.25, -0.2) is 4.98 Å². The Labute approximate surface area is 118 Å². The van der Waals surface area contributed by atoms with Crippen molar-refractivity contribution in [3.8, 4) is 11.1 Å². The van der Waals surface area contributed by atoms with Gasteiger partial charge in [0, 0.05) is 17.3 Å². The third-order valence-corrected chi connectivity index (χ3v) is 3.62. The smallest absolute Gasteiger partial charge is 0.142 e. The predicted octanol–water partition coefficient (Wildman–Crippen LogP) is 4.94. The number of nitrogens with two attached hydrogens (primary N) is 1. The molecule has 2 N–H and O–H groups in total. The number of pyridine rings is 1. The Balaban J connectivity index is 2.68. The molecule has 2 aromatic rings. The highest BCUT2D eigenvalue weighted by Gasteiger charge is 2.13. The van der Waals surface area contributed by atoms with Crippen molar-refractivity contribution in [2.75, 3.05) is 5.73 Å². The highest BCUT2D eigenvalue weighted by Crippen LogP contribution is 2.39. The van der Waals surface area contributed by atoms with Crippen molar-refractivity contribution in [3.63, 3.8) is 0 Å². The molecule has 0 amide bonds. The molecule has 1 heterocycles. The highest BCUT2D eigenvalue weighted by atomic mass is 35.5. The first-order valence-corrected chi connectivity index (χ1v) is 6.06. The zero-order valence-electron chi connectivity index (χ0n) is 8.35. The third-order valence-electron chi connectivity index (χ3n) is 2.20. The molecule has 0 spiro atoms. The van der Waals surface area contributed by atoms with Crippen LogP contribution in [0.1, 0.15) is 0 Å². The molecule has 2 rings (SSSR count). The lowest BCUT2D eigenvalue weighted by Crippen LogP contribution is -1.92. The molecule has 0 atom stereocenters. The van der Waals surface area contributed by atoms with Gasteiger partial charge in [-0.15, -0.1) is 0 Å². The molecule has 0 radical (unpaired) electrons. The summed E-state index contributed by atoms with van der Waals surface area (Å²) in [4.78, 5) is 3.95. The standard InChI is InChI=1S/C11H6Cl4N2/c12-6-1-2-7(13)10(15)9(6)5-3-8(14)11(16)17-4-5/h1-4H,(H2,16,17). The van der Waals surface area contributed by atoms with Crippen LogP contribution in [0.5, 0.6) is 0 Å². The minimum absolute atomic E-state index is 0.254. The van der Waals surface area contributed by atoms with Crippen molar-refractivity contribution in [1.29, 1.82) is 0 Å². The lowest BCUT2D eigenvalue weighted by molar-refractivity contribution is 1.34. The lowest BCUT2D eigenvalue weighted by Gasteiger charge is -2.09. The second kappa shape index (κ2) is 4.91. The summed E-state index contributed by atoms with van der Waals surface area (Å²) < 4.78 is 0. The first-order valence-electron chi connectivity index (χ1n) is 4.55. The molecule has 0 aliphatic carbocycles. The average Bonchev–Trinajstić information content (AvgIpc) is 2.29. The Bertz CT molecular complexity index is 584. The highest BCUT2D eigenvalue weighted by molar-refractivity contribution is 6.46. The minimum atomic E-state index is 0.254. The maximum Gasteiger partial charge on any atom is 0.142 e. The van der Waals surface area contributed by atoms with Crippen LogP contribution in [0, 0.1) is 0 Å². The van der Waals surface area contributed by atoms with E-state index in [-0.39, 0.29) is 5.82 Å². The monoisotopic (exact) mass is 306 g/mol. The zero-order valence-corrected chi connectivity index (χ0v) is 11.4. The van der Waals surface area contributed by atoms with E-state index in [0.29, 0.717) is 31.2 Å². The fourth-order valence-corrected chi connectivity index (χ4v) is 2.29. The van der Waals surface area contributed by atoms with Crippen LogP contribution in [0.3, 0.4) is 0 Å². The van der Waals surface area contributed by atoms with E-state index in [1.807, 2.05) is 0 Å². The van der Waals surface area contributed by atoms with Crippen molar-refractivity contribution in [2.24, 2.45) is 0 Å². The topological polar surface area (TPSA) is 38.9 Å². The summed E-state index contributed by atoms with van der Waals surface area (Å²) in [7, 11) is 0. The summed E-state index contributed by atoms with van der Waals surface area (Å²) in [5, 5.41) is 1.59. The van der Waals surface area contributed by atoms with E-state index in [1.54, 1.807) is 24.4 Å². The molecular formula is C11H6Cl4N2. The fourth-order valence-electron chi connectivity index (χ4n) is 1.38. The molecule has 2 nitrogen and oxygen atoms in total. The van der Waals surface area contributed by atoms with Crippen molar-refractivity contribution in [1.82, 2.24) is 4.98 Å². The molecule has 1 aromatic carbocycles. The van der Waals surface area contributed by atoms with Gasteiger partial charge in [-0.2, -0.15) is 0 Å². The van der Waals surface area contributed by atoms with Gasteiger partial charge in [-0.1, -0.05) is 46.4 Å². The van der Waals surface area contributed by atoms with Gasteiger partial charge in [0.1, 0.15) is 5.82 Å². The summed E-state index contributed by atoms with van der Waals surface area (Å²) in [6.45, 7) is 0. The van der Waals surface area contributed by atoms with Crippen LogP contribution in [0.25, 0.3) is 11.1 Å². The van der Waals surface area contributed by atoms with Crippen molar-refractivity contribution < 1.29 is 0 Å². The van der Waals surface area contributed by atoms with Crippen LogP contribution >= 0.6 is 46.4 Å². The van der Waals surface area contributed by atoms with E-state index in [9.17, 15) is 0 Å². The Hall–Kier alpha value is -0.670. The molecule has 1 aromatic heterocycles. The van der Waals surface area contributed by atoms with Crippen molar-refractivity contribution in [3.05, 3.63) is 44.5 Å². The number of anilines is 1. The zero-order chi connectivity index (χ0) is 12.6. The second-order valence-corrected chi connectivity index (χ2v) is 4.91. The number of benzene rings is 1. The number of rotatable bonds is 1. The number of nitrogens with zero attached hydrogens (tertiary/aromatic N) is 1. The molecule has 0 aliphatic heterocycles. The first-order chi connectivity index (χ1) is 8.00. The van der Waals surface area contributed by atoms with Crippen LogP contribution < -0.4 is 5.73 Å². The maximum absolute atomic E-state index is 6.11. The second-order valence-electron chi connectivity index (χ2n) is 3.31. The van der Waals surface area contributed by atoms with Crippen LogP contribution in [-0.2, 0) is 0 Å². The molecule has 0 unspecified atom stereocenters. The fraction of sp³-hybridized carbons (Fsp3) is 0. The van der Waals surface area contributed by atoms with E-state index < -0.39 is 0 Å². The summed E-state index contributed by atoms with van der Waals surface area (Å²) in [6, 6.07) is 4.94. The summed E-state index contributed by atoms with van der Waals surface area (Å²) >= 11 is 24.0. The molecule has 17 heavy (non-hydrogen) atoms. The van der Waals surface area contributed by atoms with Crippen LogP contribution in [0.15, 0.2) is 24.4 Å². The third kappa shape index (κ3) is 2.45. The van der Waals surface area contributed by atoms with Gasteiger partial charge in [-0.05, 0) is 18.2 Å². The molecule has 6 heteroatoms. The van der Waals surface area contributed by atoms with Gasteiger partial charge in [0.2, 0.25) is 0 Å². The van der Waals surface area contributed by atoms with E-state index in [1.165, 1.54) is 0 Å². The molecule has 0 saturated carbocycles. The van der Waals surface area contributed by atoms with Gasteiger partial charge >= 0.3 is 0 Å². The van der Waals surface area contributed by atoms with Gasteiger partial charge < -0.3 is 5.73 Å². The normalized spacial score (nSPS) is 10.6. The average molecular weight is 308 g/mol. The molecule has 88 valence electrons. The van der Waals surface area contributed by atoms with Gasteiger partial charge in [-0.3, -0.25) is 0 Å². The van der Waals surface area contributed by atoms with Crippen LogP contribution in [0.4, 0.5) is 5.82 Å². The van der Waals surface area contributed by atoms with Crippen LogP contribution in [-0.4, -0.2) is 4.98 Å². The minimum Gasteiger partial charge on any atom is -0.382 e. The summed E-state index contributed by atoms with van der Waals surface area (Å²) in [5.74, 6) is 0.254. The number of hydrogen-bond acceptors (Lipinski definition) is 2. The predicted molar refractivity (Wildman–Crippen MR) is 74.1 cm³/mol. The molecule has 0 bridgehead atoms. The van der Waals surface area contributed by atoms with Crippen molar-refractivity contribution >= 4 is 52.2 Å². The lowest BCUT2D eigenvalue weighted by atomic mass is 10.1. The quantitative estimate of drug-likeness (QED) is 0.757. The van der Waals surface area contributed by atoms with E-state index in [2.05, 4.69) is 4.98 Å².